The van der Waals surface area contributed by atoms with Crippen molar-refractivity contribution in [2.24, 2.45) is 0 Å². The highest BCUT2D eigenvalue weighted by molar-refractivity contribution is 7.73. The Bertz CT molecular complexity index is 937. The monoisotopic (exact) mass is 390 g/mol. The smallest absolute Gasteiger partial charge is 0.246 e. The molecule has 5 nitrogen and oxygen atoms in total. The molecule has 0 atom stereocenters. The number of anilines is 1. The fourth-order valence-electron chi connectivity index (χ4n) is 2.25. The second-order valence-corrected chi connectivity index (χ2v) is 8.50. The Balaban J connectivity index is 1.78. The van der Waals surface area contributed by atoms with E-state index in [-0.39, 0.29) is 12.5 Å². The van der Waals surface area contributed by atoms with E-state index in [2.05, 4.69) is 27.6 Å². The van der Waals surface area contributed by atoms with E-state index in [0.29, 0.717) is 15.0 Å². The van der Waals surface area contributed by atoms with Crippen molar-refractivity contribution >= 4 is 45.9 Å². The van der Waals surface area contributed by atoms with Crippen molar-refractivity contribution in [1.29, 1.82) is 0 Å². The highest BCUT2D eigenvalue weighted by Gasteiger charge is 2.14. The topological polar surface area (TPSA) is 59.8 Å². The minimum absolute atomic E-state index is 0.155. The Morgan fingerprint density at radius 1 is 1.28 bits per heavy atom. The molecule has 0 radical (unpaired) electrons. The zero-order valence-corrected chi connectivity index (χ0v) is 16.6. The third-order valence-electron chi connectivity index (χ3n) is 3.61. The van der Waals surface area contributed by atoms with Gasteiger partial charge in [0.05, 0.1) is 5.69 Å². The van der Waals surface area contributed by atoms with Gasteiger partial charge in [-0.15, -0.1) is 21.5 Å². The number of nitrogens with zero attached hydrogens (tertiary/aromatic N) is 3. The second-order valence-electron chi connectivity index (χ2n) is 5.99. The number of aromatic nitrogens is 3. The van der Waals surface area contributed by atoms with E-state index in [9.17, 15) is 4.79 Å². The first-order valence-electron chi connectivity index (χ1n) is 7.82. The fourth-order valence-corrected chi connectivity index (χ4v) is 4.09. The number of nitrogens with one attached hydrogen (secondary N) is 1. The van der Waals surface area contributed by atoms with E-state index in [0.717, 1.165) is 16.3 Å². The summed E-state index contributed by atoms with van der Waals surface area (Å²) < 4.78 is 2.52. The van der Waals surface area contributed by atoms with E-state index in [4.69, 9.17) is 12.2 Å². The molecule has 0 bridgehead atoms. The van der Waals surface area contributed by atoms with E-state index < -0.39 is 0 Å². The molecule has 25 heavy (non-hydrogen) atoms. The van der Waals surface area contributed by atoms with Crippen LogP contribution in [-0.4, -0.2) is 20.7 Å². The largest absolute Gasteiger partial charge is 0.313 e. The van der Waals surface area contributed by atoms with Gasteiger partial charge in [0.1, 0.15) is 11.6 Å². The number of benzene rings is 1. The van der Waals surface area contributed by atoms with E-state index >= 15 is 0 Å². The SMILES string of the molecule is Cc1ccc(-c2csc(=S)n2CC(=O)Nc2nnc(C(C)C)s2)cc1. The molecule has 0 unspecified atom stereocenters. The van der Waals surface area contributed by atoms with Crippen LogP contribution in [0, 0.1) is 10.9 Å². The van der Waals surface area contributed by atoms with Crippen LogP contribution >= 0.6 is 34.9 Å². The Morgan fingerprint density at radius 2 is 2.00 bits per heavy atom. The molecule has 1 N–H and O–H groups in total. The molecule has 0 saturated carbocycles. The van der Waals surface area contributed by atoms with Gasteiger partial charge in [-0.1, -0.05) is 55.0 Å². The molecule has 0 aliphatic carbocycles. The number of hydrogen-bond donors (Lipinski definition) is 1. The highest BCUT2D eigenvalue weighted by Crippen LogP contribution is 2.25. The lowest BCUT2D eigenvalue weighted by Crippen LogP contribution is -2.19. The van der Waals surface area contributed by atoms with Gasteiger partial charge in [-0.2, -0.15) is 0 Å². The predicted octanol–water partition coefficient (Wildman–Crippen LogP) is 4.87. The maximum atomic E-state index is 12.4. The molecule has 0 aliphatic heterocycles. The summed E-state index contributed by atoms with van der Waals surface area (Å²) in [6.45, 7) is 6.29. The van der Waals surface area contributed by atoms with Gasteiger partial charge in [-0.05, 0) is 24.7 Å². The van der Waals surface area contributed by atoms with Crippen LogP contribution in [0.15, 0.2) is 29.6 Å². The summed E-state index contributed by atoms with van der Waals surface area (Å²) in [6, 6.07) is 8.19. The quantitative estimate of drug-likeness (QED) is 0.632. The zero-order valence-electron chi connectivity index (χ0n) is 14.1. The van der Waals surface area contributed by atoms with Crippen molar-refractivity contribution < 1.29 is 4.79 Å². The van der Waals surface area contributed by atoms with Crippen LogP contribution in [-0.2, 0) is 11.3 Å². The fraction of sp³-hybridized carbons (Fsp3) is 0.294. The van der Waals surface area contributed by atoms with Crippen LogP contribution in [0.1, 0.15) is 30.3 Å². The van der Waals surface area contributed by atoms with Crippen LogP contribution < -0.4 is 5.32 Å². The third-order valence-corrected chi connectivity index (χ3v) is 6.02. The molecule has 1 amide bonds. The molecule has 1 aromatic carbocycles. The zero-order chi connectivity index (χ0) is 18.0. The first-order valence-corrected chi connectivity index (χ1v) is 9.93. The Morgan fingerprint density at radius 3 is 2.64 bits per heavy atom. The van der Waals surface area contributed by atoms with Crippen molar-refractivity contribution in [3.8, 4) is 11.3 Å². The lowest BCUT2D eigenvalue weighted by Gasteiger charge is -2.08. The van der Waals surface area contributed by atoms with Crippen LogP contribution in [0.2, 0.25) is 0 Å². The van der Waals surface area contributed by atoms with E-state index in [1.807, 2.05) is 42.9 Å². The van der Waals surface area contributed by atoms with Crippen LogP contribution in [0.3, 0.4) is 0 Å². The lowest BCUT2D eigenvalue weighted by molar-refractivity contribution is -0.116. The number of hydrogen-bond acceptors (Lipinski definition) is 6. The summed E-state index contributed by atoms with van der Waals surface area (Å²) in [7, 11) is 0. The van der Waals surface area contributed by atoms with Gasteiger partial charge in [0.15, 0.2) is 3.95 Å². The third kappa shape index (κ3) is 4.20. The maximum absolute atomic E-state index is 12.4. The average molecular weight is 391 g/mol. The highest BCUT2D eigenvalue weighted by atomic mass is 32.1. The van der Waals surface area contributed by atoms with Gasteiger partial charge in [0.2, 0.25) is 11.0 Å². The summed E-state index contributed by atoms with van der Waals surface area (Å²) in [5.74, 6) is 0.135. The summed E-state index contributed by atoms with van der Waals surface area (Å²) in [5.41, 5.74) is 3.19. The van der Waals surface area contributed by atoms with Crippen molar-refractivity contribution in [3.63, 3.8) is 0 Å². The van der Waals surface area contributed by atoms with Gasteiger partial charge >= 0.3 is 0 Å². The minimum atomic E-state index is -0.158. The first-order chi connectivity index (χ1) is 11.9. The summed E-state index contributed by atoms with van der Waals surface area (Å²) >= 11 is 8.26. The molecule has 130 valence electrons. The molecule has 8 heteroatoms. The summed E-state index contributed by atoms with van der Waals surface area (Å²) in [5, 5.41) is 14.3. The molecule has 2 aromatic heterocycles. The molecular weight excluding hydrogens is 372 g/mol. The van der Waals surface area contributed by atoms with Gasteiger partial charge in [0, 0.05) is 11.3 Å². The standard InChI is InChI=1S/C17H18N4OS3/c1-10(2)15-19-20-16(25-15)18-14(22)8-21-13(9-24-17(21)23)12-6-4-11(3)5-7-12/h4-7,9-10H,8H2,1-3H3,(H,18,20,22). The van der Waals surface area contributed by atoms with Gasteiger partial charge in [-0.3, -0.25) is 10.1 Å². The van der Waals surface area contributed by atoms with Gasteiger partial charge in [-0.25, -0.2) is 0 Å². The summed E-state index contributed by atoms with van der Waals surface area (Å²) in [6.07, 6.45) is 0. The van der Waals surface area contributed by atoms with Crippen LogP contribution in [0.5, 0.6) is 0 Å². The van der Waals surface area contributed by atoms with Crippen LogP contribution in [0.4, 0.5) is 5.13 Å². The Hall–Kier alpha value is -1.90. The number of carbonyl (C=O) groups excluding carboxylic acids is 1. The lowest BCUT2D eigenvalue weighted by atomic mass is 10.1. The number of thiazole rings is 1. The maximum Gasteiger partial charge on any atom is 0.246 e. The number of amides is 1. The molecule has 3 rings (SSSR count). The number of carbonyl (C=O) groups is 1. The normalized spacial score (nSPS) is 11.0. The van der Waals surface area contributed by atoms with Crippen LogP contribution in [0.25, 0.3) is 11.3 Å². The molecule has 3 aromatic rings. The molecule has 2 heterocycles. The molecule has 0 aliphatic rings. The van der Waals surface area contributed by atoms with Crippen molar-refractivity contribution in [1.82, 2.24) is 14.8 Å². The molecular formula is C17H18N4OS3. The van der Waals surface area contributed by atoms with Crippen molar-refractivity contribution in [2.75, 3.05) is 5.32 Å². The average Bonchev–Trinajstić information content (AvgIpc) is 3.16. The predicted molar refractivity (Wildman–Crippen MR) is 106 cm³/mol. The number of rotatable bonds is 5. The van der Waals surface area contributed by atoms with E-state index in [1.165, 1.54) is 28.2 Å². The molecule has 0 spiro atoms. The Kier molecular flexibility index (Phi) is 5.41. The minimum Gasteiger partial charge on any atom is -0.313 e. The van der Waals surface area contributed by atoms with Gasteiger partial charge in [0.25, 0.3) is 0 Å². The Labute approximate surface area is 159 Å². The molecule has 0 fully saturated rings. The first kappa shape index (κ1) is 17.9. The van der Waals surface area contributed by atoms with Crippen molar-refractivity contribution in [3.05, 3.63) is 44.2 Å². The molecule has 0 saturated heterocycles. The van der Waals surface area contributed by atoms with Gasteiger partial charge < -0.3 is 4.57 Å². The second kappa shape index (κ2) is 7.55. The number of aryl methyl sites for hydroxylation is 1. The van der Waals surface area contributed by atoms with Crippen molar-refractivity contribution in [2.45, 2.75) is 33.2 Å². The van der Waals surface area contributed by atoms with E-state index in [1.54, 1.807) is 0 Å². The summed E-state index contributed by atoms with van der Waals surface area (Å²) in [4.78, 5) is 12.4.